The zero-order valence-electron chi connectivity index (χ0n) is 16.7. The van der Waals surface area contributed by atoms with E-state index in [-0.39, 0.29) is 0 Å². The molecule has 0 spiro atoms. The lowest BCUT2D eigenvalue weighted by molar-refractivity contribution is -0.435. The van der Waals surface area contributed by atoms with Crippen LogP contribution in [0.4, 0.5) is 65.9 Å². The van der Waals surface area contributed by atoms with E-state index in [0.717, 1.165) is 20.8 Å². The summed E-state index contributed by atoms with van der Waals surface area (Å²) in [5, 5.41) is 0. The second-order valence-electron chi connectivity index (χ2n) is 6.11. The van der Waals surface area contributed by atoms with Gasteiger partial charge in [0.1, 0.15) is 0 Å². The van der Waals surface area contributed by atoms with Crippen molar-refractivity contribution in [3.05, 3.63) is 0 Å². The molecule has 0 amide bonds. The minimum atomic E-state index is -8.25. The summed E-state index contributed by atoms with van der Waals surface area (Å²) in [5.41, 5.74) is 0. The number of hydrogen-bond acceptors (Lipinski definition) is 3. The summed E-state index contributed by atoms with van der Waals surface area (Å²) in [4.78, 5) is 0. The minimum absolute atomic E-state index is 0.848. The van der Waals surface area contributed by atoms with E-state index < -0.39 is 76.4 Å². The first-order valence-electron chi connectivity index (χ1n) is 8.64. The first-order chi connectivity index (χ1) is 14.5. The summed E-state index contributed by atoms with van der Waals surface area (Å²) < 4.78 is 215. The van der Waals surface area contributed by atoms with Gasteiger partial charge in [-0.05, 0) is 20.8 Å². The Morgan fingerprint density at radius 3 is 1.03 bits per heavy atom. The highest BCUT2D eigenvalue weighted by molar-refractivity contribution is 6.62. The lowest BCUT2D eigenvalue weighted by Gasteiger charge is -2.43. The second kappa shape index (κ2) is 9.96. The van der Waals surface area contributed by atoms with Gasteiger partial charge in [-0.1, -0.05) is 0 Å². The standard InChI is InChI=1S/C14H17F15O3Si/c1-4-30-33(31-5-2,32-6-3)8(17)10(20,21)12(24,25)14(28,29)13(26,27)11(22,23)9(18,19)7(15)16/h7-8H,4-6H2,1-3H3. The summed E-state index contributed by atoms with van der Waals surface area (Å²) in [7, 11) is -5.81. The van der Waals surface area contributed by atoms with E-state index >= 15 is 0 Å². The molecule has 0 saturated carbocycles. The van der Waals surface area contributed by atoms with Crippen LogP contribution in [-0.2, 0) is 13.3 Å². The topological polar surface area (TPSA) is 27.7 Å². The Bertz CT molecular complexity index is 626. The zero-order valence-corrected chi connectivity index (χ0v) is 17.7. The maximum Gasteiger partial charge on any atom is 0.543 e. The maximum atomic E-state index is 14.6. The molecule has 0 aromatic carbocycles. The van der Waals surface area contributed by atoms with Crippen molar-refractivity contribution in [2.45, 2.75) is 68.5 Å². The maximum absolute atomic E-state index is 14.6. The molecule has 0 fully saturated rings. The van der Waals surface area contributed by atoms with Crippen molar-refractivity contribution in [3.8, 4) is 0 Å². The van der Waals surface area contributed by atoms with Crippen LogP contribution in [0.3, 0.4) is 0 Å². The highest BCUT2D eigenvalue weighted by Gasteiger charge is 2.93. The van der Waals surface area contributed by atoms with Crippen LogP contribution in [0.25, 0.3) is 0 Å². The normalized spacial score (nSPS) is 16.5. The van der Waals surface area contributed by atoms with E-state index in [4.69, 9.17) is 0 Å². The Labute approximate surface area is 177 Å². The third-order valence-corrected chi connectivity index (χ3v) is 7.02. The average molecular weight is 546 g/mol. The molecule has 0 aliphatic heterocycles. The van der Waals surface area contributed by atoms with E-state index in [1.54, 1.807) is 0 Å². The van der Waals surface area contributed by atoms with Crippen molar-refractivity contribution in [2.24, 2.45) is 0 Å². The van der Waals surface area contributed by atoms with Gasteiger partial charge in [0.2, 0.25) is 5.79 Å². The van der Waals surface area contributed by atoms with Crippen LogP contribution in [0, 0.1) is 0 Å². The second-order valence-corrected chi connectivity index (χ2v) is 8.69. The van der Waals surface area contributed by atoms with Crippen LogP contribution in [0.5, 0.6) is 0 Å². The Morgan fingerprint density at radius 2 is 0.788 bits per heavy atom. The molecule has 0 radical (unpaired) electrons. The van der Waals surface area contributed by atoms with Crippen LogP contribution in [0.1, 0.15) is 20.8 Å². The molecule has 0 aromatic heterocycles. The van der Waals surface area contributed by atoms with Crippen molar-refractivity contribution < 1.29 is 79.1 Å². The highest BCUT2D eigenvalue weighted by atomic mass is 28.4. The fourth-order valence-electron chi connectivity index (χ4n) is 2.28. The van der Waals surface area contributed by atoms with Gasteiger partial charge in [0, 0.05) is 19.8 Å². The number of alkyl halides is 15. The Hall–Kier alpha value is -0.953. The Kier molecular flexibility index (Phi) is 9.67. The third kappa shape index (κ3) is 4.78. The molecule has 0 aliphatic carbocycles. The largest absolute Gasteiger partial charge is 0.543 e. The lowest BCUT2D eigenvalue weighted by Crippen LogP contribution is -2.75. The molecule has 0 heterocycles. The molecule has 0 N–H and O–H groups in total. The lowest BCUT2D eigenvalue weighted by atomic mass is 9.91. The molecular formula is C14H17F15O3Si. The molecule has 33 heavy (non-hydrogen) atoms. The van der Waals surface area contributed by atoms with E-state index in [1.807, 2.05) is 0 Å². The van der Waals surface area contributed by atoms with Gasteiger partial charge >= 0.3 is 50.8 Å². The summed E-state index contributed by atoms with van der Waals surface area (Å²) in [6.07, 6.45) is -5.81. The van der Waals surface area contributed by atoms with Crippen molar-refractivity contribution in [1.82, 2.24) is 0 Å². The molecular weight excluding hydrogens is 529 g/mol. The van der Waals surface area contributed by atoms with Gasteiger partial charge in [-0.15, -0.1) is 0 Å². The smallest absolute Gasteiger partial charge is 0.372 e. The van der Waals surface area contributed by atoms with Crippen LogP contribution in [0.15, 0.2) is 0 Å². The number of halogens is 15. The van der Waals surface area contributed by atoms with Gasteiger partial charge in [-0.25, -0.2) is 13.2 Å². The summed E-state index contributed by atoms with van der Waals surface area (Å²) >= 11 is 0. The van der Waals surface area contributed by atoms with Crippen LogP contribution in [-0.4, -0.2) is 76.4 Å². The van der Waals surface area contributed by atoms with Gasteiger partial charge in [0.25, 0.3) is 0 Å². The number of rotatable bonds is 14. The molecule has 0 bridgehead atoms. The number of hydrogen-bond donors (Lipinski definition) is 0. The van der Waals surface area contributed by atoms with Gasteiger partial charge in [0.05, 0.1) is 0 Å². The molecule has 0 aliphatic rings. The summed E-state index contributed by atoms with van der Waals surface area (Å²) in [6, 6.07) is 0. The van der Waals surface area contributed by atoms with Crippen LogP contribution >= 0.6 is 0 Å². The van der Waals surface area contributed by atoms with Gasteiger partial charge in [-0.3, -0.25) is 0 Å². The summed E-state index contributed by atoms with van der Waals surface area (Å²) in [6.45, 7) is 0.244. The predicted molar refractivity (Wildman–Crippen MR) is 81.2 cm³/mol. The quantitative estimate of drug-likeness (QED) is 0.198. The minimum Gasteiger partial charge on any atom is -0.372 e. The SMILES string of the molecule is CCO[Si](OCC)(OCC)C(F)C(F)(F)C(F)(F)C(F)(F)C(F)(F)C(F)(F)C(F)(F)C(F)F. The van der Waals surface area contributed by atoms with E-state index in [2.05, 4.69) is 13.3 Å². The van der Waals surface area contributed by atoms with Gasteiger partial charge < -0.3 is 13.3 Å². The fourth-order valence-corrected chi connectivity index (χ4v) is 4.80. The third-order valence-electron chi connectivity index (χ3n) is 3.96. The van der Waals surface area contributed by atoms with E-state index in [9.17, 15) is 65.9 Å². The molecule has 0 aromatic rings. The predicted octanol–water partition coefficient (Wildman–Crippen LogP) is 5.99. The van der Waals surface area contributed by atoms with Gasteiger partial charge in [0.15, 0.2) is 0 Å². The van der Waals surface area contributed by atoms with E-state index in [1.165, 1.54) is 0 Å². The van der Waals surface area contributed by atoms with Crippen molar-refractivity contribution in [1.29, 1.82) is 0 Å². The molecule has 3 nitrogen and oxygen atoms in total. The van der Waals surface area contributed by atoms with Crippen molar-refractivity contribution >= 4 is 8.80 Å². The molecule has 19 heteroatoms. The molecule has 1 atom stereocenters. The molecule has 1 unspecified atom stereocenters. The first kappa shape index (κ1) is 32.0. The molecule has 0 saturated heterocycles. The molecule has 200 valence electrons. The van der Waals surface area contributed by atoms with Crippen LogP contribution < -0.4 is 0 Å². The van der Waals surface area contributed by atoms with Crippen molar-refractivity contribution in [2.75, 3.05) is 19.8 Å². The highest BCUT2D eigenvalue weighted by Crippen LogP contribution is 2.61. The summed E-state index contributed by atoms with van der Waals surface area (Å²) in [5.74, 6) is -51.7. The molecule has 0 rings (SSSR count). The Balaban J connectivity index is 6.77. The van der Waals surface area contributed by atoms with E-state index in [0.29, 0.717) is 0 Å². The Morgan fingerprint density at radius 1 is 0.515 bits per heavy atom. The fraction of sp³-hybridized carbons (Fsp3) is 1.00. The average Bonchev–Trinajstić information content (AvgIpc) is 2.66. The monoisotopic (exact) mass is 546 g/mol. The van der Waals surface area contributed by atoms with Crippen LogP contribution in [0.2, 0.25) is 0 Å². The first-order valence-corrected chi connectivity index (χ1v) is 10.4. The van der Waals surface area contributed by atoms with Gasteiger partial charge in [-0.2, -0.15) is 52.7 Å². The zero-order chi connectivity index (χ0) is 26.9. The van der Waals surface area contributed by atoms with Crippen molar-refractivity contribution in [3.63, 3.8) is 0 Å².